The Kier molecular flexibility index (Phi) is 5.59. The quantitative estimate of drug-likeness (QED) is 0.888. The fraction of sp³-hybridized carbons (Fsp3) is 0.368. The number of piperidine rings is 1. The molecule has 3 nitrogen and oxygen atoms in total. The average Bonchev–Trinajstić information content (AvgIpc) is 2.60. The van der Waals surface area contributed by atoms with Gasteiger partial charge in [0.05, 0.1) is 25.4 Å². The largest absolute Gasteiger partial charge is 0.372 e. The Morgan fingerprint density at radius 2 is 1.18 bits per heavy atom. The van der Waals surface area contributed by atoms with Gasteiger partial charge in [0.15, 0.2) is 0 Å². The van der Waals surface area contributed by atoms with E-state index in [4.69, 9.17) is 9.47 Å². The van der Waals surface area contributed by atoms with Gasteiger partial charge in [-0.2, -0.15) is 0 Å². The van der Waals surface area contributed by atoms with Crippen molar-refractivity contribution in [3.63, 3.8) is 0 Å². The van der Waals surface area contributed by atoms with Crippen molar-refractivity contribution in [2.24, 2.45) is 0 Å². The molecule has 0 bridgehead atoms. The summed E-state index contributed by atoms with van der Waals surface area (Å²) in [5, 5.41) is 3.41. The minimum absolute atomic E-state index is 0.217. The molecule has 1 aliphatic heterocycles. The number of benzene rings is 2. The first-order chi connectivity index (χ1) is 10.9. The van der Waals surface area contributed by atoms with E-state index in [-0.39, 0.29) is 12.2 Å². The Labute approximate surface area is 132 Å². The summed E-state index contributed by atoms with van der Waals surface area (Å²) >= 11 is 0. The summed E-state index contributed by atoms with van der Waals surface area (Å²) in [5.74, 6) is 0. The summed E-state index contributed by atoms with van der Waals surface area (Å²) in [6.07, 6.45) is 1.39. The molecule has 1 fully saturated rings. The topological polar surface area (TPSA) is 30.5 Å². The second-order valence-electron chi connectivity index (χ2n) is 5.73. The van der Waals surface area contributed by atoms with Crippen LogP contribution in [0.1, 0.15) is 17.5 Å². The predicted molar refractivity (Wildman–Crippen MR) is 87.5 cm³/mol. The lowest BCUT2D eigenvalue weighted by Crippen LogP contribution is -2.44. The van der Waals surface area contributed by atoms with Gasteiger partial charge in [0.25, 0.3) is 0 Å². The molecule has 22 heavy (non-hydrogen) atoms. The van der Waals surface area contributed by atoms with Crippen molar-refractivity contribution < 1.29 is 9.47 Å². The van der Waals surface area contributed by atoms with Crippen LogP contribution in [0.25, 0.3) is 0 Å². The first-order valence-electron chi connectivity index (χ1n) is 7.92. The Balaban J connectivity index is 1.43. The lowest BCUT2D eigenvalue weighted by Gasteiger charge is -2.30. The molecule has 0 unspecified atom stereocenters. The van der Waals surface area contributed by atoms with Crippen molar-refractivity contribution in [1.29, 1.82) is 0 Å². The maximum atomic E-state index is 6.01. The third-order valence-corrected chi connectivity index (χ3v) is 3.93. The van der Waals surface area contributed by atoms with Gasteiger partial charge in [0.2, 0.25) is 0 Å². The molecule has 0 aromatic heterocycles. The van der Waals surface area contributed by atoms with Gasteiger partial charge >= 0.3 is 0 Å². The van der Waals surface area contributed by atoms with Crippen molar-refractivity contribution in [2.45, 2.75) is 31.8 Å². The third kappa shape index (κ3) is 4.67. The molecule has 3 heteroatoms. The van der Waals surface area contributed by atoms with E-state index >= 15 is 0 Å². The molecular formula is C19H23NO2. The van der Waals surface area contributed by atoms with E-state index in [2.05, 4.69) is 29.6 Å². The Morgan fingerprint density at radius 1 is 0.727 bits per heavy atom. The zero-order chi connectivity index (χ0) is 15.0. The zero-order valence-electron chi connectivity index (χ0n) is 12.8. The summed E-state index contributed by atoms with van der Waals surface area (Å²) in [7, 11) is 0. The number of nitrogens with one attached hydrogen (secondary N) is 1. The van der Waals surface area contributed by atoms with E-state index < -0.39 is 0 Å². The molecule has 1 heterocycles. The van der Waals surface area contributed by atoms with Crippen LogP contribution < -0.4 is 5.32 Å². The lowest BCUT2D eigenvalue weighted by molar-refractivity contribution is -0.0463. The van der Waals surface area contributed by atoms with Crippen LogP contribution in [-0.2, 0) is 22.7 Å². The SMILES string of the molecule is c1ccc(CO[C@@H]2CNC[C@H](OCc3ccccc3)C2)cc1. The molecule has 1 N–H and O–H groups in total. The normalized spacial score (nSPS) is 21.6. The average molecular weight is 297 g/mol. The summed E-state index contributed by atoms with van der Waals surface area (Å²) in [4.78, 5) is 0. The standard InChI is InChI=1S/C19H23NO2/c1-3-7-16(8-4-1)14-21-18-11-19(13-20-12-18)22-15-17-9-5-2-6-10-17/h1-10,18-20H,11-15H2/t18-,19+. The van der Waals surface area contributed by atoms with Gasteiger partial charge in [-0.25, -0.2) is 0 Å². The molecule has 1 aliphatic rings. The second kappa shape index (κ2) is 8.08. The van der Waals surface area contributed by atoms with Crippen molar-refractivity contribution in [3.8, 4) is 0 Å². The smallest absolute Gasteiger partial charge is 0.0729 e. The van der Waals surface area contributed by atoms with E-state index in [9.17, 15) is 0 Å². The van der Waals surface area contributed by atoms with Crippen molar-refractivity contribution in [2.75, 3.05) is 13.1 Å². The fourth-order valence-corrected chi connectivity index (χ4v) is 2.70. The van der Waals surface area contributed by atoms with Crippen LogP contribution in [-0.4, -0.2) is 25.3 Å². The molecule has 116 valence electrons. The number of hydrogen-bond acceptors (Lipinski definition) is 3. The number of ether oxygens (including phenoxy) is 2. The highest BCUT2D eigenvalue weighted by Gasteiger charge is 2.22. The van der Waals surface area contributed by atoms with Crippen LogP contribution in [0.5, 0.6) is 0 Å². The first kappa shape index (κ1) is 15.2. The molecule has 0 saturated carbocycles. The minimum atomic E-state index is 0.217. The molecule has 0 aliphatic carbocycles. The molecule has 2 aromatic carbocycles. The van der Waals surface area contributed by atoms with Gasteiger partial charge < -0.3 is 14.8 Å². The minimum Gasteiger partial charge on any atom is -0.372 e. The highest BCUT2D eigenvalue weighted by atomic mass is 16.5. The van der Waals surface area contributed by atoms with Gasteiger partial charge in [-0.1, -0.05) is 60.7 Å². The molecule has 0 amide bonds. The fourth-order valence-electron chi connectivity index (χ4n) is 2.70. The molecule has 3 rings (SSSR count). The summed E-state index contributed by atoms with van der Waals surface area (Å²) < 4.78 is 12.0. The van der Waals surface area contributed by atoms with Crippen LogP contribution in [0.2, 0.25) is 0 Å². The van der Waals surface area contributed by atoms with E-state index in [1.165, 1.54) is 11.1 Å². The Bertz CT molecular complexity index is 494. The van der Waals surface area contributed by atoms with Gasteiger partial charge in [-0.3, -0.25) is 0 Å². The van der Waals surface area contributed by atoms with Crippen molar-refractivity contribution in [1.82, 2.24) is 5.32 Å². The third-order valence-electron chi connectivity index (χ3n) is 3.93. The van der Waals surface area contributed by atoms with Gasteiger partial charge in [0, 0.05) is 19.5 Å². The van der Waals surface area contributed by atoms with Crippen LogP contribution in [0, 0.1) is 0 Å². The molecule has 0 spiro atoms. The lowest BCUT2D eigenvalue weighted by atomic mass is 10.1. The zero-order valence-corrected chi connectivity index (χ0v) is 12.8. The molecule has 2 aromatic rings. The molecule has 2 atom stereocenters. The van der Waals surface area contributed by atoms with Crippen molar-refractivity contribution in [3.05, 3.63) is 71.8 Å². The predicted octanol–water partition coefficient (Wildman–Crippen LogP) is 3.15. The number of rotatable bonds is 6. The summed E-state index contributed by atoms with van der Waals surface area (Å²) in [5.41, 5.74) is 2.43. The van der Waals surface area contributed by atoms with E-state index in [1.54, 1.807) is 0 Å². The highest BCUT2D eigenvalue weighted by molar-refractivity contribution is 5.14. The maximum absolute atomic E-state index is 6.01. The number of hydrogen-bond donors (Lipinski definition) is 1. The van der Waals surface area contributed by atoms with Crippen LogP contribution in [0.3, 0.4) is 0 Å². The van der Waals surface area contributed by atoms with Gasteiger partial charge in [-0.15, -0.1) is 0 Å². The second-order valence-corrected chi connectivity index (χ2v) is 5.73. The van der Waals surface area contributed by atoms with Crippen LogP contribution in [0.4, 0.5) is 0 Å². The monoisotopic (exact) mass is 297 g/mol. The summed E-state index contributed by atoms with van der Waals surface area (Å²) in [6, 6.07) is 20.6. The molecule has 0 radical (unpaired) electrons. The van der Waals surface area contributed by atoms with Gasteiger partial charge in [0.1, 0.15) is 0 Å². The van der Waals surface area contributed by atoms with Gasteiger partial charge in [-0.05, 0) is 11.1 Å². The molecule has 1 saturated heterocycles. The van der Waals surface area contributed by atoms with E-state index in [0.717, 1.165) is 19.5 Å². The Hall–Kier alpha value is -1.68. The first-order valence-corrected chi connectivity index (χ1v) is 7.92. The molecular weight excluding hydrogens is 274 g/mol. The van der Waals surface area contributed by atoms with Crippen LogP contribution in [0.15, 0.2) is 60.7 Å². The maximum Gasteiger partial charge on any atom is 0.0729 e. The highest BCUT2D eigenvalue weighted by Crippen LogP contribution is 2.14. The van der Waals surface area contributed by atoms with E-state index in [1.807, 2.05) is 36.4 Å². The van der Waals surface area contributed by atoms with E-state index in [0.29, 0.717) is 13.2 Å². The van der Waals surface area contributed by atoms with Crippen LogP contribution >= 0.6 is 0 Å². The Morgan fingerprint density at radius 3 is 1.64 bits per heavy atom. The summed E-state index contributed by atoms with van der Waals surface area (Å²) in [6.45, 7) is 3.13. The van der Waals surface area contributed by atoms with Crippen molar-refractivity contribution >= 4 is 0 Å².